The van der Waals surface area contributed by atoms with Crippen molar-refractivity contribution in [1.82, 2.24) is 0 Å². The van der Waals surface area contributed by atoms with Crippen molar-refractivity contribution < 1.29 is 19.1 Å². The van der Waals surface area contributed by atoms with Crippen LogP contribution in [0.1, 0.15) is 13.3 Å². The maximum atomic E-state index is 10.7. The number of rotatable bonds is 5. The van der Waals surface area contributed by atoms with Crippen molar-refractivity contribution in [3.05, 3.63) is 12.7 Å². The molecule has 0 aliphatic rings. The van der Waals surface area contributed by atoms with Crippen molar-refractivity contribution in [3.8, 4) is 0 Å². The summed E-state index contributed by atoms with van der Waals surface area (Å²) in [6.45, 7) is 4.83. The third kappa shape index (κ3) is 5.46. The molecule has 0 atom stereocenters. The first-order valence-electron chi connectivity index (χ1n) is 3.62. The second-order valence-corrected chi connectivity index (χ2v) is 1.99. The van der Waals surface area contributed by atoms with Crippen molar-refractivity contribution in [2.24, 2.45) is 0 Å². The van der Waals surface area contributed by atoms with Gasteiger partial charge in [-0.1, -0.05) is 19.6 Å². The number of carbonyl (C=O) groups excluding carboxylic acids is 2. The average Bonchev–Trinajstić information content (AvgIpc) is 2.10. The fraction of sp³-hybridized carbons (Fsp3) is 0.500. The number of esters is 2. The third-order valence-corrected chi connectivity index (χ3v) is 1.00. The molecule has 0 aromatic carbocycles. The summed E-state index contributed by atoms with van der Waals surface area (Å²) in [4.78, 5) is 21.2. The van der Waals surface area contributed by atoms with Crippen molar-refractivity contribution in [3.63, 3.8) is 0 Å². The number of carbonyl (C=O) groups is 2. The highest BCUT2D eigenvalue weighted by molar-refractivity contribution is 5.76. The minimum absolute atomic E-state index is 0.141. The molecule has 0 rings (SSSR count). The predicted octanol–water partition coefficient (Wildman–Crippen LogP) is 0.669. The van der Waals surface area contributed by atoms with Gasteiger partial charge in [0.2, 0.25) is 0 Å². The van der Waals surface area contributed by atoms with Gasteiger partial charge >= 0.3 is 11.9 Å². The van der Waals surface area contributed by atoms with E-state index in [4.69, 9.17) is 0 Å². The van der Waals surface area contributed by atoms with Crippen molar-refractivity contribution >= 4 is 11.9 Å². The van der Waals surface area contributed by atoms with Gasteiger partial charge in [-0.05, 0) is 0 Å². The highest BCUT2D eigenvalue weighted by Gasteiger charge is 2.04. The molecule has 0 saturated carbocycles. The van der Waals surface area contributed by atoms with Gasteiger partial charge in [-0.2, -0.15) is 0 Å². The third-order valence-electron chi connectivity index (χ3n) is 1.00. The lowest BCUT2D eigenvalue weighted by molar-refractivity contribution is -0.157. The maximum Gasteiger partial charge on any atom is 0.344 e. The van der Waals surface area contributed by atoms with Crippen LogP contribution in [0.5, 0.6) is 0 Å². The standard InChI is InChI=1S/C8H12O4/c1-3-5-11-8(10)6-12-7(9)4-2/h3H,1,4-6H2,2H3. The molecule has 0 aromatic rings. The molecule has 0 saturated heterocycles. The van der Waals surface area contributed by atoms with Crippen LogP contribution in [0.2, 0.25) is 0 Å². The quantitative estimate of drug-likeness (QED) is 0.451. The molecular weight excluding hydrogens is 160 g/mol. The minimum atomic E-state index is -0.559. The highest BCUT2D eigenvalue weighted by Crippen LogP contribution is 1.86. The second-order valence-electron chi connectivity index (χ2n) is 1.99. The highest BCUT2D eigenvalue weighted by atomic mass is 16.6. The molecule has 0 N–H and O–H groups in total. The molecule has 0 spiro atoms. The predicted molar refractivity (Wildman–Crippen MR) is 42.4 cm³/mol. The van der Waals surface area contributed by atoms with Gasteiger partial charge in [-0.25, -0.2) is 4.79 Å². The summed E-state index contributed by atoms with van der Waals surface area (Å²) < 4.78 is 9.05. The summed E-state index contributed by atoms with van der Waals surface area (Å²) in [6, 6.07) is 0. The van der Waals surface area contributed by atoms with E-state index in [1.165, 1.54) is 6.08 Å². The Morgan fingerprint density at radius 3 is 2.50 bits per heavy atom. The Bertz CT molecular complexity index is 174. The van der Waals surface area contributed by atoms with Gasteiger partial charge in [0.05, 0.1) is 0 Å². The van der Waals surface area contributed by atoms with Crippen LogP contribution in [0.15, 0.2) is 12.7 Å². The number of hydrogen-bond acceptors (Lipinski definition) is 4. The van der Waals surface area contributed by atoms with E-state index >= 15 is 0 Å². The lowest BCUT2D eigenvalue weighted by atomic mass is 10.5. The van der Waals surface area contributed by atoms with E-state index in [1.54, 1.807) is 6.92 Å². The van der Waals surface area contributed by atoms with Crippen LogP contribution in [0, 0.1) is 0 Å². The summed E-state index contributed by atoms with van der Waals surface area (Å²) in [5.41, 5.74) is 0. The Labute approximate surface area is 71.2 Å². The van der Waals surface area contributed by atoms with Crippen LogP contribution in [-0.2, 0) is 19.1 Å². The summed E-state index contributed by atoms with van der Waals surface area (Å²) in [5.74, 6) is -0.970. The SMILES string of the molecule is C=CCOC(=O)COC(=O)CC. The van der Waals surface area contributed by atoms with E-state index < -0.39 is 11.9 Å². The summed E-state index contributed by atoms with van der Waals surface area (Å²) in [5, 5.41) is 0. The zero-order valence-corrected chi connectivity index (χ0v) is 7.04. The van der Waals surface area contributed by atoms with Gasteiger partial charge in [-0.15, -0.1) is 0 Å². The molecule has 0 aromatic heterocycles. The van der Waals surface area contributed by atoms with Gasteiger partial charge in [-0.3, -0.25) is 4.79 Å². The van der Waals surface area contributed by atoms with E-state index in [1.807, 2.05) is 0 Å². The van der Waals surface area contributed by atoms with Gasteiger partial charge in [0.15, 0.2) is 6.61 Å². The van der Waals surface area contributed by atoms with Gasteiger partial charge in [0.1, 0.15) is 6.61 Å². The Morgan fingerprint density at radius 2 is 2.00 bits per heavy atom. The van der Waals surface area contributed by atoms with Crippen LogP contribution in [0.4, 0.5) is 0 Å². The van der Waals surface area contributed by atoms with Gasteiger partial charge in [0.25, 0.3) is 0 Å². The van der Waals surface area contributed by atoms with Crippen molar-refractivity contribution in [1.29, 1.82) is 0 Å². The fourth-order valence-corrected chi connectivity index (χ4v) is 0.435. The molecule has 0 fully saturated rings. The van der Waals surface area contributed by atoms with Crippen LogP contribution < -0.4 is 0 Å². The topological polar surface area (TPSA) is 52.6 Å². The molecule has 0 bridgehead atoms. The monoisotopic (exact) mass is 172 g/mol. The molecule has 4 nitrogen and oxygen atoms in total. The Balaban J connectivity index is 3.43. The molecule has 0 aliphatic carbocycles. The summed E-state index contributed by atoms with van der Waals surface area (Å²) in [7, 11) is 0. The van der Waals surface area contributed by atoms with Crippen molar-refractivity contribution in [2.45, 2.75) is 13.3 Å². The van der Waals surface area contributed by atoms with Crippen LogP contribution in [0.25, 0.3) is 0 Å². The van der Waals surface area contributed by atoms with Crippen LogP contribution in [-0.4, -0.2) is 25.2 Å². The van der Waals surface area contributed by atoms with Crippen LogP contribution in [0.3, 0.4) is 0 Å². The fourth-order valence-electron chi connectivity index (χ4n) is 0.435. The van der Waals surface area contributed by atoms with E-state index in [9.17, 15) is 9.59 Å². The van der Waals surface area contributed by atoms with E-state index in [-0.39, 0.29) is 19.6 Å². The lowest BCUT2D eigenvalue weighted by Gasteiger charge is -2.02. The maximum absolute atomic E-state index is 10.7. The molecule has 12 heavy (non-hydrogen) atoms. The molecule has 68 valence electrons. The Hall–Kier alpha value is -1.32. The molecule has 0 amide bonds. The molecule has 0 radical (unpaired) electrons. The van der Waals surface area contributed by atoms with Crippen molar-refractivity contribution in [2.75, 3.05) is 13.2 Å². The summed E-state index contributed by atoms with van der Waals surface area (Å²) in [6.07, 6.45) is 1.70. The largest absolute Gasteiger partial charge is 0.459 e. The molecular formula is C8H12O4. The number of hydrogen-bond donors (Lipinski definition) is 0. The molecule has 0 heterocycles. The Kier molecular flexibility index (Phi) is 5.69. The lowest BCUT2D eigenvalue weighted by Crippen LogP contribution is -2.15. The zero-order valence-electron chi connectivity index (χ0n) is 7.04. The molecule has 0 aliphatic heterocycles. The molecule has 0 unspecified atom stereocenters. The first-order valence-corrected chi connectivity index (χ1v) is 3.62. The van der Waals surface area contributed by atoms with Gasteiger partial charge in [0, 0.05) is 6.42 Å². The Morgan fingerprint density at radius 1 is 1.33 bits per heavy atom. The smallest absolute Gasteiger partial charge is 0.344 e. The average molecular weight is 172 g/mol. The summed E-state index contributed by atoms with van der Waals surface area (Å²) >= 11 is 0. The normalized spacial score (nSPS) is 8.75. The first kappa shape index (κ1) is 10.7. The van der Waals surface area contributed by atoms with E-state index in [0.29, 0.717) is 0 Å². The minimum Gasteiger partial charge on any atom is -0.459 e. The van der Waals surface area contributed by atoms with Gasteiger partial charge < -0.3 is 9.47 Å². The molecule has 4 heteroatoms. The van der Waals surface area contributed by atoms with E-state index in [0.717, 1.165) is 0 Å². The van der Waals surface area contributed by atoms with Crippen LogP contribution >= 0.6 is 0 Å². The number of ether oxygens (including phenoxy) is 2. The first-order chi connectivity index (χ1) is 5.70. The van der Waals surface area contributed by atoms with E-state index in [2.05, 4.69) is 16.1 Å². The second kappa shape index (κ2) is 6.39. The zero-order chi connectivity index (χ0) is 9.40.